The van der Waals surface area contributed by atoms with E-state index in [0.29, 0.717) is 43.4 Å². The molecule has 2 aliphatic heterocycles. The van der Waals surface area contributed by atoms with Crippen molar-refractivity contribution < 1.29 is 27.4 Å². The maximum absolute atomic E-state index is 13.7. The monoisotopic (exact) mass is 539 g/mol. The van der Waals surface area contributed by atoms with Gasteiger partial charge in [0.2, 0.25) is 5.96 Å². The highest BCUT2D eigenvalue weighted by Gasteiger charge is 2.38. The molecule has 204 valence electrons. The van der Waals surface area contributed by atoms with E-state index in [9.17, 15) is 18.0 Å². The number of aromatic nitrogens is 1. The molecule has 0 bridgehead atoms. The Labute approximate surface area is 224 Å². The van der Waals surface area contributed by atoms with E-state index in [1.54, 1.807) is 36.5 Å². The van der Waals surface area contributed by atoms with Crippen molar-refractivity contribution in [1.29, 1.82) is 0 Å². The molecule has 1 atom stereocenters. The summed E-state index contributed by atoms with van der Waals surface area (Å²) in [5.74, 6) is 0.751. The van der Waals surface area contributed by atoms with Gasteiger partial charge in [0.1, 0.15) is 5.75 Å². The first kappa shape index (κ1) is 26.3. The summed E-state index contributed by atoms with van der Waals surface area (Å²) in [5.41, 5.74) is 1.78. The molecule has 39 heavy (non-hydrogen) atoms. The van der Waals surface area contributed by atoms with Crippen molar-refractivity contribution in [1.82, 2.24) is 9.88 Å². The predicted octanol–water partition coefficient (Wildman–Crippen LogP) is 5.04. The number of carbonyl (C=O) groups is 1. The molecule has 11 heteroatoms. The van der Waals surface area contributed by atoms with Crippen LogP contribution in [0.25, 0.3) is 0 Å². The number of esters is 1. The second-order valence-corrected chi connectivity index (χ2v) is 9.24. The molecule has 2 aliphatic rings. The zero-order valence-electron chi connectivity index (χ0n) is 21.6. The van der Waals surface area contributed by atoms with Crippen LogP contribution in [0.1, 0.15) is 23.6 Å². The van der Waals surface area contributed by atoms with Gasteiger partial charge < -0.3 is 24.2 Å². The van der Waals surface area contributed by atoms with Gasteiger partial charge in [-0.1, -0.05) is 12.1 Å². The molecule has 5 rings (SSSR count). The van der Waals surface area contributed by atoms with E-state index < -0.39 is 23.8 Å². The maximum Gasteiger partial charge on any atom is 0.416 e. The molecule has 2 aromatic carbocycles. The first-order valence-corrected chi connectivity index (χ1v) is 12.5. The van der Waals surface area contributed by atoms with Crippen LogP contribution in [0.3, 0.4) is 0 Å². The Morgan fingerprint density at radius 2 is 1.69 bits per heavy atom. The average Bonchev–Trinajstić information content (AvgIpc) is 2.96. The molecule has 3 heterocycles. The van der Waals surface area contributed by atoms with E-state index in [-0.39, 0.29) is 12.1 Å². The molecular weight excluding hydrogens is 511 g/mol. The quantitative estimate of drug-likeness (QED) is 0.421. The Morgan fingerprint density at radius 1 is 0.974 bits per heavy atom. The first-order valence-electron chi connectivity index (χ1n) is 12.5. The van der Waals surface area contributed by atoms with Crippen LogP contribution in [0.4, 0.5) is 30.2 Å². The Balaban J connectivity index is 1.53. The van der Waals surface area contributed by atoms with Gasteiger partial charge in [0.05, 0.1) is 37.9 Å². The van der Waals surface area contributed by atoms with Gasteiger partial charge in [-0.15, -0.1) is 0 Å². The van der Waals surface area contributed by atoms with E-state index >= 15 is 0 Å². The normalized spacial score (nSPS) is 17.4. The number of halogens is 3. The van der Waals surface area contributed by atoms with Gasteiger partial charge in [-0.3, -0.25) is 9.78 Å². The van der Waals surface area contributed by atoms with Gasteiger partial charge in [-0.05, 0) is 36.4 Å². The van der Waals surface area contributed by atoms with Crippen LogP contribution in [-0.2, 0) is 15.7 Å². The largest absolute Gasteiger partial charge is 0.497 e. The number of benzene rings is 2. The van der Waals surface area contributed by atoms with Crippen molar-refractivity contribution >= 4 is 29.0 Å². The fourth-order valence-electron chi connectivity index (χ4n) is 4.96. The van der Waals surface area contributed by atoms with Crippen LogP contribution >= 0.6 is 0 Å². The molecular formula is C28H28F3N5O3. The number of pyridine rings is 1. The van der Waals surface area contributed by atoms with Gasteiger partial charge in [0.25, 0.3) is 0 Å². The molecule has 0 radical (unpaired) electrons. The number of anilines is 2. The predicted molar refractivity (Wildman–Crippen MR) is 141 cm³/mol. The van der Waals surface area contributed by atoms with E-state index in [1.165, 1.54) is 13.2 Å². The number of hydrogen-bond acceptors (Lipinski definition) is 8. The number of carbonyl (C=O) groups excluding carboxylic acids is 1. The number of nitrogens with zero attached hydrogens (tertiary/aromatic N) is 5. The SMILES string of the molecule is COC(=O)CC1c2cnccc2N=C(N2CCN(c3cccc(OC)c3)CC2)N1c1cccc(C(F)(F)F)c1. The summed E-state index contributed by atoms with van der Waals surface area (Å²) in [6.45, 7) is 2.45. The van der Waals surface area contributed by atoms with Gasteiger partial charge in [-0.2, -0.15) is 13.2 Å². The minimum atomic E-state index is -4.53. The van der Waals surface area contributed by atoms with Gasteiger partial charge in [-0.25, -0.2) is 4.99 Å². The lowest BCUT2D eigenvalue weighted by Gasteiger charge is -2.45. The van der Waals surface area contributed by atoms with E-state index in [0.717, 1.165) is 23.6 Å². The minimum Gasteiger partial charge on any atom is -0.497 e. The van der Waals surface area contributed by atoms with Crippen LogP contribution in [0.2, 0.25) is 0 Å². The lowest BCUT2D eigenvalue weighted by molar-refractivity contribution is -0.141. The first-order chi connectivity index (χ1) is 18.8. The fraction of sp³-hybridized carbons (Fsp3) is 0.321. The number of fused-ring (bicyclic) bond motifs is 1. The summed E-state index contributed by atoms with van der Waals surface area (Å²) in [4.78, 5) is 27.6. The molecule has 1 aromatic heterocycles. The van der Waals surface area contributed by atoms with Crippen molar-refractivity contribution in [2.45, 2.75) is 18.6 Å². The number of aliphatic imine (C=N–C) groups is 1. The highest BCUT2D eigenvalue weighted by Crippen LogP contribution is 2.42. The van der Waals surface area contributed by atoms with Crippen LogP contribution in [-0.4, -0.2) is 62.2 Å². The van der Waals surface area contributed by atoms with Crippen LogP contribution in [0.15, 0.2) is 72.0 Å². The third kappa shape index (κ3) is 5.47. The molecule has 1 fully saturated rings. The van der Waals surface area contributed by atoms with Crippen molar-refractivity contribution in [2.24, 2.45) is 4.99 Å². The number of piperazine rings is 1. The minimum absolute atomic E-state index is 0.0891. The van der Waals surface area contributed by atoms with Crippen molar-refractivity contribution in [2.75, 3.05) is 50.2 Å². The highest BCUT2D eigenvalue weighted by atomic mass is 19.4. The van der Waals surface area contributed by atoms with E-state index in [2.05, 4.69) is 9.88 Å². The van der Waals surface area contributed by atoms with Crippen LogP contribution in [0, 0.1) is 0 Å². The summed E-state index contributed by atoms with van der Waals surface area (Å²) in [5, 5.41) is 0. The molecule has 0 N–H and O–H groups in total. The number of hydrogen-bond donors (Lipinski definition) is 0. The second-order valence-electron chi connectivity index (χ2n) is 9.24. The Hall–Kier alpha value is -4.28. The molecule has 0 saturated carbocycles. The third-order valence-corrected chi connectivity index (χ3v) is 6.95. The van der Waals surface area contributed by atoms with E-state index in [1.807, 2.05) is 29.2 Å². The molecule has 8 nitrogen and oxygen atoms in total. The molecule has 1 unspecified atom stereocenters. The molecule has 0 aliphatic carbocycles. The lowest BCUT2D eigenvalue weighted by atomic mass is 9.99. The average molecular weight is 540 g/mol. The number of ether oxygens (including phenoxy) is 2. The number of methoxy groups -OCH3 is 2. The van der Waals surface area contributed by atoms with Crippen molar-refractivity contribution in [3.05, 3.63) is 78.1 Å². The Kier molecular flexibility index (Phi) is 7.32. The van der Waals surface area contributed by atoms with Gasteiger partial charge >= 0.3 is 12.1 Å². The molecule has 3 aromatic rings. The number of guanidine groups is 1. The summed E-state index contributed by atoms with van der Waals surface area (Å²) in [6.07, 6.45) is -1.41. The Bertz CT molecular complexity index is 1370. The van der Waals surface area contributed by atoms with Crippen LogP contribution < -0.4 is 14.5 Å². The third-order valence-electron chi connectivity index (χ3n) is 6.95. The fourth-order valence-corrected chi connectivity index (χ4v) is 4.96. The number of rotatable bonds is 5. The molecule has 0 spiro atoms. The molecule has 0 amide bonds. The summed E-state index contributed by atoms with van der Waals surface area (Å²) in [7, 11) is 2.91. The maximum atomic E-state index is 13.7. The van der Waals surface area contributed by atoms with Crippen molar-refractivity contribution in [3.63, 3.8) is 0 Å². The zero-order chi connectivity index (χ0) is 27.6. The molecule has 1 saturated heterocycles. The van der Waals surface area contributed by atoms with Crippen LogP contribution in [0.5, 0.6) is 5.75 Å². The number of alkyl halides is 3. The van der Waals surface area contributed by atoms with Crippen molar-refractivity contribution in [3.8, 4) is 5.75 Å². The lowest BCUT2D eigenvalue weighted by Crippen LogP contribution is -2.55. The second kappa shape index (κ2) is 10.8. The standard InChI is InChI=1S/C28H28F3N5O3/c1-38-22-8-4-6-20(16-22)34-11-13-35(14-12-34)27-33-24-9-10-32-18-23(24)25(17-26(37)39-2)36(27)21-7-3-5-19(15-21)28(29,30)31/h3-10,15-16,18,25H,11-14,17H2,1-2H3. The summed E-state index contributed by atoms with van der Waals surface area (Å²) < 4.78 is 51.4. The Morgan fingerprint density at radius 3 is 2.41 bits per heavy atom. The summed E-state index contributed by atoms with van der Waals surface area (Å²) >= 11 is 0. The smallest absolute Gasteiger partial charge is 0.416 e. The van der Waals surface area contributed by atoms with Gasteiger partial charge in [0.15, 0.2) is 0 Å². The zero-order valence-corrected chi connectivity index (χ0v) is 21.6. The van der Waals surface area contributed by atoms with E-state index in [4.69, 9.17) is 14.5 Å². The topological polar surface area (TPSA) is 70.5 Å². The summed E-state index contributed by atoms with van der Waals surface area (Å²) in [6, 6.07) is 14.0. The highest BCUT2D eigenvalue weighted by molar-refractivity contribution is 6.01. The van der Waals surface area contributed by atoms with Gasteiger partial charge in [0, 0.05) is 61.6 Å².